The molecule has 45 heavy (non-hydrogen) atoms. The molecule has 0 amide bonds. The molecule has 1 fully saturated rings. The molecule has 3 N–H and O–H groups in total. The van der Waals surface area contributed by atoms with Gasteiger partial charge in [0.2, 0.25) is 0 Å². The van der Waals surface area contributed by atoms with Crippen molar-refractivity contribution in [1.82, 2.24) is 0 Å². The van der Waals surface area contributed by atoms with Gasteiger partial charge in [0, 0.05) is 31.1 Å². The largest absolute Gasteiger partial charge is 0.462 e. The van der Waals surface area contributed by atoms with E-state index in [4.69, 9.17) is 9.47 Å². The van der Waals surface area contributed by atoms with Crippen LogP contribution in [0.4, 0.5) is 0 Å². The van der Waals surface area contributed by atoms with Crippen molar-refractivity contribution in [3.8, 4) is 0 Å². The van der Waals surface area contributed by atoms with Crippen molar-refractivity contribution in [3.05, 3.63) is 24.3 Å². The third-order valence-electron chi connectivity index (χ3n) is 8.54. The van der Waals surface area contributed by atoms with Crippen molar-refractivity contribution in [2.24, 2.45) is 17.8 Å². The molecule has 0 bridgehead atoms. The molecule has 0 spiro atoms. The number of unbranched alkanes of at least 4 members (excludes halogenated alkanes) is 10. The van der Waals surface area contributed by atoms with E-state index in [2.05, 4.69) is 20.8 Å². The number of hydrogen-bond donors (Lipinski definition) is 3. The second-order valence-corrected chi connectivity index (χ2v) is 13.2. The summed E-state index contributed by atoms with van der Waals surface area (Å²) in [5.74, 6) is -0.594. The highest BCUT2D eigenvalue weighted by Crippen LogP contribution is 2.33. The van der Waals surface area contributed by atoms with Gasteiger partial charge in [-0.15, -0.1) is 0 Å². The number of carbonyl (C=O) groups excluding carboxylic acids is 3. The molecule has 0 aromatic heterocycles. The Morgan fingerprint density at radius 1 is 0.889 bits per heavy atom. The Labute approximate surface area is 273 Å². The summed E-state index contributed by atoms with van der Waals surface area (Å²) in [6.07, 6.45) is 21.8. The predicted molar refractivity (Wildman–Crippen MR) is 178 cm³/mol. The fraction of sp³-hybridized carbons (Fsp3) is 0.811. The SMILES string of the molecule is CCCCC[C@H](O)/C=C/[C@H]1[C@H](O)CC(=O)[C@@H]1C/C=C\CCCC(=O)OC[C@H](CO)OC(=O)CCCCCCCCCCC(C)C. The van der Waals surface area contributed by atoms with Gasteiger partial charge in [-0.1, -0.05) is 116 Å². The first-order chi connectivity index (χ1) is 21.7. The van der Waals surface area contributed by atoms with E-state index >= 15 is 0 Å². The number of hydrogen-bond acceptors (Lipinski definition) is 8. The van der Waals surface area contributed by atoms with E-state index in [0.717, 1.165) is 44.4 Å². The van der Waals surface area contributed by atoms with Crippen LogP contribution in [0.3, 0.4) is 0 Å². The molecule has 0 aliphatic heterocycles. The Balaban J connectivity index is 2.19. The molecule has 0 aromatic rings. The molecular formula is C37H64O8. The highest BCUT2D eigenvalue weighted by Gasteiger charge is 2.39. The Morgan fingerprint density at radius 3 is 2.20 bits per heavy atom. The van der Waals surface area contributed by atoms with Crippen molar-refractivity contribution in [1.29, 1.82) is 0 Å². The van der Waals surface area contributed by atoms with Gasteiger partial charge < -0.3 is 24.8 Å². The molecule has 1 saturated carbocycles. The van der Waals surface area contributed by atoms with Crippen LogP contribution in [0.2, 0.25) is 0 Å². The molecule has 0 radical (unpaired) electrons. The summed E-state index contributed by atoms with van der Waals surface area (Å²) < 4.78 is 10.5. The van der Waals surface area contributed by atoms with Crippen LogP contribution in [0, 0.1) is 17.8 Å². The Hall–Kier alpha value is -2.03. The van der Waals surface area contributed by atoms with Crippen molar-refractivity contribution in [2.75, 3.05) is 13.2 Å². The van der Waals surface area contributed by atoms with Crippen LogP contribution >= 0.6 is 0 Å². The number of aliphatic hydroxyl groups is 3. The monoisotopic (exact) mass is 636 g/mol. The summed E-state index contributed by atoms with van der Waals surface area (Å²) in [5, 5.41) is 30.0. The zero-order valence-electron chi connectivity index (χ0n) is 28.5. The van der Waals surface area contributed by atoms with Crippen LogP contribution in [0.25, 0.3) is 0 Å². The lowest BCUT2D eigenvalue weighted by molar-refractivity contribution is -0.161. The topological polar surface area (TPSA) is 130 Å². The van der Waals surface area contributed by atoms with E-state index in [9.17, 15) is 29.7 Å². The second kappa shape index (κ2) is 26.1. The fourth-order valence-electron chi connectivity index (χ4n) is 5.72. The highest BCUT2D eigenvalue weighted by molar-refractivity contribution is 5.84. The molecule has 1 aliphatic rings. The third-order valence-corrected chi connectivity index (χ3v) is 8.54. The van der Waals surface area contributed by atoms with Gasteiger partial charge in [-0.2, -0.15) is 0 Å². The van der Waals surface area contributed by atoms with Gasteiger partial charge in [-0.05, 0) is 38.0 Å². The molecule has 0 aromatic carbocycles. The number of ether oxygens (including phenoxy) is 2. The van der Waals surface area contributed by atoms with Gasteiger partial charge in [0.25, 0.3) is 0 Å². The van der Waals surface area contributed by atoms with Gasteiger partial charge >= 0.3 is 11.9 Å². The summed E-state index contributed by atoms with van der Waals surface area (Å²) in [7, 11) is 0. The number of ketones is 1. The summed E-state index contributed by atoms with van der Waals surface area (Å²) in [6.45, 7) is 6.07. The van der Waals surface area contributed by atoms with Crippen LogP contribution in [0.15, 0.2) is 24.3 Å². The van der Waals surface area contributed by atoms with Gasteiger partial charge in [0.1, 0.15) is 12.4 Å². The molecule has 260 valence electrons. The first kappa shape index (κ1) is 41.0. The minimum absolute atomic E-state index is 0.0308. The number of rotatable bonds is 27. The number of carbonyl (C=O) groups is 3. The van der Waals surface area contributed by atoms with Gasteiger partial charge in [0.15, 0.2) is 6.10 Å². The third kappa shape index (κ3) is 20.7. The summed E-state index contributed by atoms with van der Waals surface area (Å²) in [4.78, 5) is 36.7. The number of Topliss-reactive ketones (excluding diaryl/α,β-unsaturated/α-hetero) is 1. The van der Waals surface area contributed by atoms with E-state index in [0.29, 0.717) is 32.1 Å². The van der Waals surface area contributed by atoms with Crippen LogP contribution in [0.1, 0.15) is 143 Å². The first-order valence-electron chi connectivity index (χ1n) is 17.9. The maximum absolute atomic E-state index is 12.4. The maximum atomic E-state index is 12.4. The van der Waals surface area contributed by atoms with Gasteiger partial charge in [0.05, 0.1) is 18.8 Å². The normalized spacial score (nSPS) is 20.0. The summed E-state index contributed by atoms with van der Waals surface area (Å²) in [5.41, 5.74) is 0. The average Bonchev–Trinajstić information content (AvgIpc) is 3.27. The van der Waals surface area contributed by atoms with Crippen LogP contribution in [-0.4, -0.2) is 64.6 Å². The Kier molecular flexibility index (Phi) is 23.8. The van der Waals surface area contributed by atoms with Crippen molar-refractivity contribution in [2.45, 2.75) is 161 Å². The minimum Gasteiger partial charge on any atom is -0.462 e. The molecule has 1 aliphatic carbocycles. The van der Waals surface area contributed by atoms with Gasteiger partial charge in [-0.25, -0.2) is 0 Å². The predicted octanol–water partition coefficient (Wildman–Crippen LogP) is 7.17. The number of aliphatic hydroxyl groups excluding tert-OH is 3. The van der Waals surface area contributed by atoms with E-state index in [-0.39, 0.29) is 43.0 Å². The zero-order valence-corrected chi connectivity index (χ0v) is 28.5. The second-order valence-electron chi connectivity index (χ2n) is 13.2. The first-order valence-corrected chi connectivity index (χ1v) is 17.9. The maximum Gasteiger partial charge on any atom is 0.306 e. The van der Waals surface area contributed by atoms with Crippen molar-refractivity contribution in [3.63, 3.8) is 0 Å². The number of allylic oxidation sites excluding steroid dienone is 2. The van der Waals surface area contributed by atoms with Gasteiger partial charge in [-0.3, -0.25) is 14.4 Å². The van der Waals surface area contributed by atoms with E-state index in [1.165, 1.54) is 38.5 Å². The molecule has 8 heteroatoms. The summed E-state index contributed by atoms with van der Waals surface area (Å²) in [6, 6.07) is 0. The molecular weight excluding hydrogens is 572 g/mol. The Bertz CT molecular complexity index is 851. The van der Waals surface area contributed by atoms with E-state index in [1.54, 1.807) is 12.2 Å². The van der Waals surface area contributed by atoms with Crippen LogP contribution < -0.4 is 0 Å². The number of esters is 2. The molecule has 0 unspecified atom stereocenters. The molecule has 0 saturated heterocycles. The lowest BCUT2D eigenvalue weighted by Gasteiger charge is -2.16. The quantitative estimate of drug-likeness (QED) is 0.0492. The molecule has 0 heterocycles. The van der Waals surface area contributed by atoms with Crippen molar-refractivity contribution >= 4 is 17.7 Å². The Morgan fingerprint density at radius 2 is 1.53 bits per heavy atom. The van der Waals surface area contributed by atoms with Crippen LogP contribution in [-0.2, 0) is 23.9 Å². The lowest BCUT2D eigenvalue weighted by Crippen LogP contribution is -2.28. The standard InChI is InChI=1S/C37H64O8/c1-4-5-14-20-30(39)24-25-33-32(34(40)26-35(33)41)21-16-12-13-17-22-36(42)44-28-31(27-38)45-37(43)23-18-11-9-7-6-8-10-15-19-29(2)3/h12,16,24-25,29-33,35,38-39,41H,4-11,13-15,17-23,26-28H2,1-3H3/b16-12-,25-24+/t30-,31-,32+,33+,35+/m0/s1. The lowest BCUT2D eigenvalue weighted by atomic mass is 9.90. The minimum atomic E-state index is -0.856. The average molecular weight is 637 g/mol. The molecule has 5 atom stereocenters. The van der Waals surface area contributed by atoms with E-state index in [1.807, 2.05) is 12.2 Å². The van der Waals surface area contributed by atoms with Crippen LogP contribution in [0.5, 0.6) is 0 Å². The zero-order chi connectivity index (χ0) is 33.3. The smallest absolute Gasteiger partial charge is 0.306 e. The highest BCUT2D eigenvalue weighted by atomic mass is 16.6. The fourth-order valence-corrected chi connectivity index (χ4v) is 5.72. The molecule has 1 rings (SSSR count). The van der Waals surface area contributed by atoms with E-state index < -0.39 is 30.9 Å². The van der Waals surface area contributed by atoms with Crippen molar-refractivity contribution < 1.29 is 39.2 Å². The molecule has 8 nitrogen and oxygen atoms in total. The summed E-state index contributed by atoms with van der Waals surface area (Å²) >= 11 is 0.